The molecule has 0 aliphatic carbocycles. The number of ether oxygens (including phenoxy) is 1. The number of anilines is 1. The fraction of sp³-hybridized carbons (Fsp3) is 0.125. The molecule has 0 aliphatic heterocycles. The minimum atomic E-state index is -2.70. The van der Waals surface area contributed by atoms with Gasteiger partial charge in [-0.25, -0.2) is 9.18 Å². The predicted molar refractivity (Wildman–Crippen MR) is 88.6 cm³/mol. The topological polar surface area (TPSA) is 55.4 Å². The Bertz CT molecular complexity index is 789. The van der Waals surface area contributed by atoms with E-state index in [1.54, 1.807) is 0 Å². The minimum Gasteiger partial charge on any atom is -0.452 e. The second-order valence-corrected chi connectivity index (χ2v) is 6.09. The molecular weight excluding hydrogens is 379 g/mol. The third-order valence-electron chi connectivity index (χ3n) is 2.86. The lowest BCUT2D eigenvalue weighted by atomic mass is 10.2. The normalized spacial score (nSPS) is 10.6. The minimum absolute atomic E-state index is 0.0339. The highest BCUT2D eigenvalue weighted by atomic mass is 35.5. The van der Waals surface area contributed by atoms with Crippen LogP contribution in [0.15, 0.2) is 47.4 Å². The van der Waals surface area contributed by atoms with Crippen LogP contribution in [0.2, 0.25) is 5.02 Å². The molecule has 2 aromatic carbocycles. The summed E-state index contributed by atoms with van der Waals surface area (Å²) in [4.78, 5) is 23.7. The van der Waals surface area contributed by atoms with Gasteiger partial charge in [0.2, 0.25) is 0 Å². The molecular formula is C16H11ClF3NO3S. The summed E-state index contributed by atoms with van der Waals surface area (Å²) in [7, 11) is 0. The van der Waals surface area contributed by atoms with Crippen LogP contribution >= 0.6 is 23.4 Å². The highest BCUT2D eigenvalue weighted by Gasteiger charge is 2.17. The summed E-state index contributed by atoms with van der Waals surface area (Å²) in [5.74, 6) is -5.17. The van der Waals surface area contributed by atoms with Gasteiger partial charge in [-0.2, -0.15) is 8.78 Å². The molecule has 2 aromatic rings. The number of benzene rings is 2. The molecule has 0 spiro atoms. The van der Waals surface area contributed by atoms with Gasteiger partial charge in [-0.05, 0) is 30.3 Å². The monoisotopic (exact) mass is 389 g/mol. The van der Waals surface area contributed by atoms with Crippen molar-refractivity contribution in [3.63, 3.8) is 0 Å². The molecule has 0 atom stereocenters. The van der Waals surface area contributed by atoms with Gasteiger partial charge in [0.15, 0.2) is 6.61 Å². The van der Waals surface area contributed by atoms with Crippen molar-refractivity contribution in [1.29, 1.82) is 0 Å². The number of hydrogen-bond donors (Lipinski definition) is 1. The van der Waals surface area contributed by atoms with Crippen LogP contribution in [-0.2, 0) is 9.53 Å². The first kappa shape index (κ1) is 19.1. The number of rotatable bonds is 6. The Labute approximate surface area is 150 Å². The first-order chi connectivity index (χ1) is 11.9. The van der Waals surface area contributed by atoms with Gasteiger partial charge < -0.3 is 10.1 Å². The van der Waals surface area contributed by atoms with E-state index in [4.69, 9.17) is 16.3 Å². The maximum absolute atomic E-state index is 13.6. The van der Waals surface area contributed by atoms with Crippen LogP contribution in [0, 0.1) is 5.82 Å². The molecule has 4 nitrogen and oxygen atoms in total. The van der Waals surface area contributed by atoms with E-state index >= 15 is 0 Å². The van der Waals surface area contributed by atoms with Crippen molar-refractivity contribution in [3.8, 4) is 0 Å². The molecule has 1 N–H and O–H groups in total. The average Bonchev–Trinajstić information content (AvgIpc) is 2.55. The largest absolute Gasteiger partial charge is 0.452 e. The summed E-state index contributed by atoms with van der Waals surface area (Å²) in [5, 5.41) is 2.38. The number of thioether (sulfide) groups is 1. The van der Waals surface area contributed by atoms with Crippen LogP contribution in [0.4, 0.5) is 18.9 Å². The lowest BCUT2D eigenvalue weighted by molar-refractivity contribution is -0.119. The van der Waals surface area contributed by atoms with Crippen molar-refractivity contribution < 1.29 is 27.5 Å². The molecule has 0 saturated carbocycles. The molecule has 132 valence electrons. The van der Waals surface area contributed by atoms with Crippen LogP contribution in [-0.4, -0.2) is 24.2 Å². The number of esters is 1. The predicted octanol–water partition coefficient (Wildman–Crippen LogP) is 4.59. The molecule has 25 heavy (non-hydrogen) atoms. The maximum Gasteiger partial charge on any atom is 0.339 e. The maximum atomic E-state index is 13.6. The fourth-order valence-electron chi connectivity index (χ4n) is 1.82. The van der Waals surface area contributed by atoms with Crippen LogP contribution in [0.3, 0.4) is 0 Å². The number of carbonyl (C=O) groups is 2. The summed E-state index contributed by atoms with van der Waals surface area (Å²) in [6, 6.07) is 9.28. The summed E-state index contributed by atoms with van der Waals surface area (Å²) in [6.45, 7) is -0.700. The second kappa shape index (κ2) is 8.77. The Kier molecular flexibility index (Phi) is 6.72. The number of alkyl halides is 2. The van der Waals surface area contributed by atoms with Crippen LogP contribution in [0.1, 0.15) is 10.4 Å². The molecule has 0 bridgehead atoms. The summed E-state index contributed by atoms with van der Waals surface area (Å²) < 4.78 is 43.3. The number of halogens is 4. The SMILES string of the molecule is O=C(COC(=O)c1ccccc1SC(F)F)Nc1ccc(Cl)cc1F. The summed E-state index contributed by atoms with van der Waals surface area (Å²) >= 11 is 5.79. The average molecular weight is 390 g/mol. The van der Waals surface area contributed by atoms with Gasteiger partial charge in [0.25, 0.3) is 11.7 Å². The third kappa shape index (κ3) is 5.68. The van der Waals surface area contributed by atoms with Crippen molar-refractivity contribution in [1.82, 2.24) is 0 Å². The van der Waals surface area contributed by atoms with Crippen LogP contribution in [0.25, 0.3) is 0 Å². The zero-order valence-corrected chi connectivity index (χ0v) is 14.0. The van der Waals surface area contributed by atoms with E-state index in [9.17, 15) is 22.8 Å². The Balaban J connectivity index is 1.97. The highest BCUT2D eigenvalue weighted by molar-refractivity contribution is 7.99. The Morgan fingerprint density at radius 2 is 1.92 bits per heavy atom. The molecule has 0 aliphatic rings. The Morgan fingerprint density at radius 3 is 2.60 bits per heavy atom. The molecule has 1 amide bonds. The Morgan fingerprint density at radius 1 is 1.20 bits per heavy atom. The van der Waals surface area contributed by atoms with Crippen molar-refractivity contribution in [2.45, 2.75) is 10.7 Å². The molecule has 2 rings (SSSR count). The van der Waals surface area contributed by atoms with Gasteiger partial charge in [-0.15, -0.1) is 0 Å². The van der Waals surface area contributed by atoms with E-state index in [2.05, 4.69) is 5.32 Å². The molecule has 0 heterocycles. The van der Waals surface area contributed by atoms with E-state index in [0.717, 1.165) is 6.07 Å². The number of amides is 1. The first-order valence-corrected chi connectivity index (χ1v) is 8.08. The van der Waals surface area contributed by atoms with E-state index in [0.29, 0.717) is 0 Å². The molecule has 0 saturated heterocycles. The highest BCUT2D eigenvalue weighted by Crippen LogP contribution is 2.28. The van der Waals surface area contributed by atoms with Gasteiger partial charge in [0, 0.05) is 9.92 Å². The lowest BCUT2D eigenvalue weighted by Gasteiger charge is -2.10. The quantitative estimate of drug-likeness (QED) is 0.580. The lowest BCUT2D eigenvalue weighted by Crippen LogP contribution is -2.21. The van der Waals surface area contributed by atoms with E-state index < -0.39 is 30.1 Å². The Hall–Kier alpha value is -2.19. The van der Waals surface area contributed by atoms with Crippen molar-refractivity contribution >= 4 is 40.9 Å². The van der Waals surface area contributed by atoms with Crippen LogP contribution in [0.5, 0.6) is 0 Å². The zero-order chi connectivity index (χ0) is 18.4. The molecule has 9 heteroatoms. The second-order valence-electron chi connectivity index (χ2n) is 4.62. The standard InChI is InChI=1S/C16H11ClF3NO3S/c17-9-5-6-12(11(18)7-9)21-14(22)8-24-15(23)10-3-1-2-4-13(10)25-16(19)20/h1-7,16H,8H2,(H,21,22). The van der Waals surface area contributed by atoms with Gasteiger partial charge >= 0.3 is 5.97 Å². The van der Waals surface area contributed by atoms with E-state index in [-0.39, 0.29) is 32.9 Å². The zero-order valence-electron chi connectivity index (χ0n) is 12.5. The first-order valence-electron chi connectivity index (χ1n) is 6.82. The molecule has 0 fully saturated rings. The molecule has 0 unspecified atom stereocenters. The van der Waals surface area contributed by atoms with Gasteiger partial charge in [0.1, 0.15) is 5.82 Å². The number of nitrogens with one attached hydrogen (secondary N) is 1. The molecule has 0 aromatic heterocycles. The summed E-state index contributed by atoms with van der Waals surface area (Å²) in [6.07, 6.45) is 0. The van der Waals surface area contributed by atoms with Crippen LogP contribution < -0.4 is 5.32 Å². The van der Waals surface area contributed by atoms with Gasteiger partial charge in [0.05, 0.1) is 11.3 Å². The molecule has 0 radical (unpaired) electrons. The van der Waals surface area contributed by atoms with Gasteiger partial charge in [-0.3, -0.25) is 4.79 Å². The van der Waals surface area contributed by atoms with Crippen molar-refractivity contribution in [2.24, 2.45) is 0 Å². The summed E-state index contributed by atoms with van der Waals surface area (Å²) in [5.41, 5.74) is -0.211. The van der Waals surface area contributed by atoms with Crippen molar-refractivity contribution in [2.75, 3.05) is 11.9 Å². The van der Waals surface area contributed by atoms with E-state index in [1.807, 2.05) is 0 Å². The van der Waals surface area contributed by atoms with Gasteiger partial charge in [-0.1, -0.05) is 35.5 Å². The van der Waals surface area contributed by atoms with E-state index in [1.165, 1.54) is 36.4 Å². The number of carbonyl (C=O) groups excluding carboxylic acids is 2. The smallest absolute Gasteiger partial charge is 0.339 e. The fourth-order valence-corrected chi connectivity index (χ4v) is 2.61. The third-order valence-corrected chi connectivity index (χ3v) is 3.89. The number of hydrogen-bond acceptors (Lipinski definition) is 4. The van der Waals surface area contributed by atoms with Crippen molar-refractivity contribution in [3.05, 3.63) is 58.9 Å².